The van der Waals surface area contributed by atoms with Gasteiger partial charge in [0.15, 0.2) is 9.84 Å². The van der Waals surface area contributed by atoms with Crippen LogP contribution in [0.3, 0.4) is 0 Å². The van der Waals surface area contributed by atoms with Gasteiger partial charge >= 0.3 is 0 Å². The summed E-state index contributed by atoms with van der Waals surface area (Å²) in [4.78, 5) is 0. The van der Waals surface area contributed by atoms with Crippen LogP contribution in [0.25, 0.3) is 0 Å². The van der Waals surface area contributed by atoms with Gasteiger partial charge < -0.3 is 5.32 Å². The van der Waals surface area contributed by atoms with Crippen molar-refractivity contribution < 1.29 is 8.42 Å². The van der Waals surface area contributed by atoms with Crippen molar-refractivity contribution in [2.24, 2.45) is 5.41 Å². The van der Waals surface area contributed by atoms with Crippen molar-refractivity contribution in [2.75, 3.05) is 12.3 Å². The molecule has 0 aliphatic heterocycles. The predicted octanol–water partition coefficient (Wildman–Crippen LogP) is 2.37. The molecule has 0 aromatic carbocycles. The average molecular weight is 261 g/mol. The van der Waals surface area contributed by atoms with Crippen LogP contribution in [-0.2, 0) is 9.84 Å². The molecule has 17 heavy (non-hydrogen) atoms. The Labute approximate surface area is 106 Å². The fourth-order valence-electron chi connectivity index (χ4n) is 2.22. The lowest BCUT2D eigenvalue weighted by atomic mass is 9.95. The zero-order valence-corrected chi connectivity index (χ0v) is 12.4. The summed E-state index contributed by atoms with van der Waals surface area (Å²) in [6.45, 7) is 8.92. The highest BCUT2D eigenvalue weighted by molar-refractivity contribution is 7.91. The highest BCUT2D eigenvalue weighted by atomic mass is 32.2. The fraction of sp³-hybridized carbons (Fsp3) is 1.00. The molecule has 0 amide bonds. The lowest BCUT2D eigenvalue weighted by Gasteiger charge is -2.24. The van der Waals surface area contributed by atoms with E-state index in [1.165, 1.54) is 12.8 Å². The number of sulfone groups is 1. The van der Waals surface area contributed by atoms with Crippen molar-refractivity contribution in [3.05, 3.63) is 0 Å². The zero-order valence-electron chi connectivity index (χ0n) is 11.6. The van der Waals surface area contributed by atoms with Gasteiger partial charge in [0.2, 0.25) is 0 Å². The molecule has 0 saturated heterocycles. The van der Waals surface area contributed by atoms with Gasteiger partial charge in [-0.3, -0.25) is 0 Å². The first-order chi connectivity index (χ1) is 7.84. The highest BCUT2D eigenvalue weighted by Gasteiger charge is 2.47. The van der Waals surface area contributed by atoms with Gasteiger partial charge in [-0.15, -0.1) is 0 Å². The van der Waals surface area contributed by atoms with Gasteiger partial charge in [0.25, 0.3) is 0 Å². The number of nitrogens with one attached hydrogen (secondary N) is 1. The fourth-order valence-corrected chi connectivity index (χ4v) is 3.38. The van der Waals surface area contributed by atoms with Crippen molar-refractivity contribution in [3.63, 3.8) is 0 Å². The number of rotatable bonds is 8. The summed E-state index contributed by atoms with van der Waals surface area (Å²) in [7, 11) is -2.87. The van der Waals surface area contributed by atoms with Gasteiger partial charge in [-0.1, -0.05) is 6.92 Å². The number of hydrogen-bond donors (Lipinski definition) is 1. The lowest BCUT2D eigenvalue weighted by molar-refractivity contribution is 0.342. The monoisotopic (exact) mass is 261 g/mol. The minimum atomic E-state index is -2.87. The predicted molar refractivity (Wildman–Crippen MR) is 73.0 cm³/mol. The molecule has 4 heteroatoms. The Morgan fingerprint density at radius 3 is 2.24 bits per heavy atom. The van der Waals surface area contributed by atoms with Crippen LogP contribution in [0.1, 0.15) is 53.4 Å². The summed E-state index contributed by atoms with van der Waals surface area (Å²) in [6.07, 6.45) is 4.31. The maximum absolute atomic E-state index is 11.8. The largest absolute Gasteiger partial charge is 0.314 e. The van der Waals surface area contributed by atoms with Gasteiger partial charge in [0, 0.05) is 6.04 Å². The Morgan fingerprint density at radius 2 is 1.82 bits per heavy atom. The molecule has 102 valence electrons. The molecule has 0 aromatic rings. The van der Waals surface area contributed by atoms with E-state index in [1.807, 2.05) is 0 Å². The van der Waals surface area contributed by atoms with Crippen LogP contribution in [-0.4, -0.2) is 32.0 Å². The van der Waals surface area contributed by atoms with Crippen LogP contribution in [0, 0.1) is 5.41 Å². The minimum absolute atomic E-state index is 0.239. The normalized spacial score (nSPS) is 20.5. The minimum Gasteiger partial charge on any atom is -0.314 e. The Hall–Kier alpha value is -0.0900. The lowest BCUT2D eigenvalue weighted by Crippen LogP contribution is -2.36. The molecule has 0 radical (unpaired) electrons. The van der Waals surface area contributed by atoms with E-state index in [4.69, 9.17) is 0 Å². The Bertz CT molecular complexity index is 331. The third-order valence-corrected chi connectivity index (χ3v) is 6.32. The van der Waals surface area contributed by atoms with E-state index >= 15 is 0 Å². The maximum atomic E-state index is 11.8. The summed E-state index contributed by atoms with van der Waals surface area (Å²) in [5.74, 6) is 0.350. The Morgan fingerprint density at radius 1 is 1.24 bits per heavy atom. The van der Waals surface area contributed by atoms with Gasteiger partial charge in [-0.25, -0.2) is 8.42 Å². The molecular weight excluding hydrogens is 234 g/mol. The van der Waals surface area contributed by atoms with E-state index in [-0.39, 0.29) is 10.7 Å². The third kappa shape index (κ3) is 3.95. The average Bonchev–Trinajstić information content (AvgIpc) is 3.04. The van der Waals surface area contributed by atoms with Crippen molar-refractivity contribution in [2.45, 2.75) is 64.7 Å². The molecule has 3 nitrogen and oxygen atoms in total. The van der Waals surface area contributed by atoms with Crippen LogP contribution in [0.5, 0.6) is 0 Å². The second-order valence-corrected chi connectivity index (χ2v) is 8.38. The van der Waals surface area contributed by atoms with E-state index in [9.17, 15) is 8.42 Å². The van der Waals surface area contributed by atoms with Gasteiger partial charge in [0.1, 0.15) is 0 Å². The van der Waals surface area contributed by atoms with Crippen LogP contribution in [0.2, 0.25) is 0 Å². The molecule has 1 fully saturated rings. The van der Waals surface area contributed by atoms with Gasteiger partial charge in [-0.05, 0) is 58.4 Å². The smallest absolute Gasteiger partial charge is 0.152 e. The first-order valence-corrected chi connectivity index (χ1v) is 8.50. The van der Waals surface area contributed by atoms with Crippen molar-refractivity contribution in [1.29, 1.82) is 0 Å². The van der Waals surface area contributed by atoms with E-state index in [1.54, 1.807) is 13.8 Å². The molecule has 1 atom stereocenters. The SMILES string of the molecule is CCCNC(C)C1(CCS(=O)(=O)C(C)C)CC1. The molecule has 1 unspecified atom stereocenters. The van der Waals surface area contributed by atoms with E-state index in [2.05, 4.69) is 19.2 Å². The number of hydrogen-bond acceptors (Lipinski definition) is 3. The Kier molecular flexibility index (Phi) is 5.02. The van der Waals surface area contributed by atoms with E-state index in [0.29, 0.717) is 11.8 Å². The summed E-state index contributed by atoms with van der Waals surface area (Å²) in [5, 5.41) is 3.27. The third-order valence-electron chi connectivity index (χ3n) is 4.11. The second-order valence-electron chi connectivity index (χ2n) is 5.70. The van der Waals surface area contributed by atoms with E-state index < -0.39 is 9.84 Å². The second kappa shape index (κ2) is 5.70. The van der Waals surface area contributed by atoms with E-state index in [0.717, 1.165) is 19.4 Å². The molecule has 0 heterocycles. The molecule has 1 rings (SSSR count). The summed E-state index contributed by atoms with van der Waals surface area (Å²) in [5.41, 5.74) is 0.261. The zero-order chi connectivity index (χ0) is 13.1. The van der Waals surface area contributed by atoms with Crippen LogP contribution < -0.4 is 5.32 Å². The first-order valence-electron chi connectivity index (χ1n) is 6.79. The Balaban J connectivity index is 2.46. The van der Waals surface area contributed by atoms with Crippen LogP contribution in [0.15, 0.2) is 0 Å². The van der Waals surface area contributed by atoms with Crippen molar-refractivity contribution in [3.8, 4) is 0 Å². The van der Waals surface area contributed by atoms with Crippen molar-refractivity contribution in [1.82, 2.24) is 5.32 Å². The molecule has 0 bridgehead atoms. The molecule has 1 aliphatic rings. The molecule has 1 N–H and O–H groups in total. The topological polar surface area (TPSA) is 46.2 Å². The maximum Gasteiger partial charge on any atom is 0.152 e. The molecule has 0 spiro atoms. The first kappa shape index (κ1) is 15.0. The van der Waals surface area contributed by atoms with Gasteiger partial charge in [0.05, 0.1) is 11.0 Å². The molecule has 1 aliphatic carbocycles. The molecule has 0 aromatic heterocycles. The van der Waals surface area contributed by atoms with Crippen molar-refractivity contribution >= 4 is 9.84 Å². The quantitative estimate of drug-likeness (QED) is 0.729. The highest BCUT2D eigenvalue weighted by Crippen LogP contribution is 2.51. The van der Waals surface area contributed by atoms with Crippen LogP contribution >= 0.6 is 0 Å². The summed E-state index contributed by atoms with van der Waals surface area (Å²) < 4.78 is 23.6. The molecule has 1 saturated carbocycles. The van der Waals surface area contributed by atoms with Crippen LogP contribution in [0.4, 0.5) is 0 Å². The molecular formula is C13H27NO2S. The standard InChI is InChI=1S/C13H27NO2S/c1-5-9-14-12(4)13(6-7-13)8-10-17(15,16)11(2)3/h11-12,14H,5-10H2,1-4H3. The van der Waals surface area contributed by atoms with Gasteiger partial charge in [-0.2, -0.15) is 0 Å². The summed E-state index contributed by atoms with van der Waals surface area (Å²) >= 11 is 0. The summed E-state index contributed by atoms with van der Waals surface area (Å²) in [6, 6.07) is 0.449.